The first-order valence-corrected chi connectivity index (χ1v) is 8.34. The highest BCUT2D eigenvalue weighted by molar-refractivity contribution is 5.69. The lowest BCUT2D eigenvalue weighted by Gasteiger charge is -2.29. The van der Waals surface area contributed by atoms with Crippen LogP contribution in [0.25, 0.3) is 5.76 Å². The summed E-state index contributed by atoms with van der Waals surface area (Å²) in [6.07, 6.45) is 1.32. The molecule has 1 heterocycles. The number of likely N-dealkylation sites (tertiary alicyclic amines) is 1. The van der Waals surface area contributed by atoms with Gasteiger partial charge in [-0.05, 0) is 58.2 Å². The maximum atomic E-state index is 14.4. The van der Waals surface area contributed by atoms with Crippen molar-refractivity contribution >= 4 is 11.9 Å². The van der Waals surface area contributed by atoms with Crippen molar-refractivity contribution in [1.29, 1.82) is 0 Å². The molecule has 1 saturated heterocycles. The Kier molecular flexibility index (Phi) is 5.52. The average molecular weight is 335 g/mol. The molecule has 132 valence electrons. The maximum absolute atomic E-state index is 14.4. The van der Waals surface area contributed by atoms with E-state index in [1.807, 2.05) is 33.8 Å². The van der Waals surface area contributed by atoms with Crippen LogP contribution in [0.15, 0.2) is 24.8 Å². The van der Waals surface area contributed by atoms with E-state index in [4.69, 9.17) is 9.47 Å². The highest BCUT2D eigenvalue weighted by Gasteiger charge is 2.33. The van der Waals surface area contributed by atoms with Crippen molar-refractivity contribution < 1.29 is 18.7 Å². The largest absolute Gasteiger partial charge is 0.494 e. The van der Waals surface area contributed by atoms with Gasteiger partial charge in [0.1, 0.15) is 17.2 Å². The van der Waals surface area contributed by atoms with Gasteiger partial charge in [-0.15, -0.1) is 0 Å². The molecule has 0 spiro atoms. The van der Waals surface area contributed by atoms with E-state index in [-0.39, 0.29) is 18.0 Å². The summed E-state index contributed by atoms with van der Waals surface area (Å²) >= 11 is 0. The van der Waals surface area contributed by atoms with Crippen LogP contribution in [0.1, 0.15) is 57.7 Å². The number of rotatable bonds is 4. The van der Waals surface area contributed by atoms with Crippen LogP contribution >= 0.6 is 0 Å². The average Bonchev–Trinajstić information content (AvgIpc) is 2.95. The molecule has 1 aliphatic rings. The molecule has 4 nitrogen and oxygen atoms in total. The zero-order valence-electron chi connectivity index (χ0n) is 14.9. The Hall–Kier alpha value is -2.04. The predicted octanol–water partition coefficient (Wildman–Crippen LogP) is 4.90. The monoisotopic (exact) mass is 335 g/mol. The van der Waals surface area contributed by atoms with Gasteiger partial charge in [-0.1, -0.05) is 12.6 Å². The third-order valence-electron chi connectivity index (χ3n) is 3.88. The van der Waals surface area contributed by atoms with Crippen molar-refractivity contribution in [3.05, 3.63) is 41.7 Å². The molecule has 0 N–H and O–H groups in total. The SMILES string of the molecule is C=C(OCC)c1ccc([C@H]2CCCN2C(=O)OC(C)(C)C)cc1F. The van der Waals surface area contributed by atoms with Crippen LogP contribution in [0, 0.1) is 5.82 Å². The lowest BCUT2D eigenvalue weighted by atomic mass is 10.0. The Labute approximate surface area is 143 Å². The lowest BCUT2D eigenvalue weighted by molar-refractivity contribution is 0.0224. The van der Waals surface area contributed by atoms with Gasteiger partial charge in [0.2, 0.25) is 0 Å². The van der Waals surface area contributed by atoms with Crippen LogP contribution in [0.5, 0.6) is 0 Å². The number of hydrogen-bond donors (Lipinski definition) is 0. The number of ether oxygens (including phenoxy) is 2. The normalized spacial score (nSPS) is 17.7. The minimum atomic E-state index is -0.547. The minimum Gasteiger partial charge on any atom is -0.494 e. The van der Waals surface area contributed by atoms with Gasteiger partial charge in [0.05, 0.1) is 18.2 Å². The highest BCUT2D eigenvalue weighted by atomic mass is 19.1. The van der Waals surface area contributed by atoms with Crippen molar-refractivity contribution in [3.8, 4) is 0 Å². The molecule has 0 bridgehead atoms. The van der Waals surface area contributed by atoms with E-state index in [2.05, 4.69) is 6.58 Å². The molecule has 5 heteroatoms. The molecule has 24 heavy (non-hydrogen) atoms. The Balaban J connectivity index is 2.19. The van der Waals surface area contributed by atoms with E-state index in [0.717, 1.165) is 18.4 Å². The molecular weight excluding hydrogens is 309 g/mol. The maximum Gasteiger partial charge on any atom is 0.410 e. The van der Waals surface area contributed by atoms with Crippen molar-refractivity contribution in [2.45, 2.75) is 52.2 Å². The summed E-state index contributed by atoms with van der Waals surface area (Å²) in [5.41, 5.74) is 0.570. The van der Waals surface area contributed by atoms with E-state index in [0.29, 0.717) is 24.5 Å². The van der Waals surface area contributed by atoms with Crippen LogP contribution in [0.4, 0.5) is 9.18 Å². The Morgan fingerprint density at radius 2 is 2.12 bits per heavy atom. The number of benzene rings is 1. The zero-order chi connectivity index (χ0) is 17.9. The van der Waals surface area contributed by atoms with E-state index in [1.54, 1.807) is 11.0 Å². The van der Waals surface area contributed by atoms with Gasteiger partial charge in [0.25, 0.3) is 0 Å². The van der Waals surface area contributed by atoms with Gasteiger partial charge in [-0.25, -0.2) is 9.18 Å². The van der Waals surface area contributed by atoms with E-state index in [1.165, 1.54) is 6.07 Å². The van der Waals surface area contributed by atoms with E-state index >= 15 is 0 Å². The van der Waals surface area contributed by atoms with Gasteiger partial charge in [-0.3, -0.25) is 0 Å². The zero-order valence-corrected chi connectivity index (χ0v) is 14.9. The van der Waals surface area contributed by atoms with Crippen LogP contribution in [0.2, 0.25) is 0 Å². The van der Waals surface area contributed by atoms with Gasteiger partial charge >= 0.3 is 6.09 Å². The first kappa shape index (κ1) is 18.3. The molecular formula is C19H26FNO3. The summed E-state index contributed by atoms with van der Waals surface area (Å²) in [6.45, 7) is 12.1. The molecule has 0 aliphatic carbocycles. The van der Waals surface area contributed by atoms with Gasteiger partial charge < -0.3 is 14.4 Å². The van der Waals surface area contributed by atoms with E-state index in [9.17, 15) is 9.18 Å². The fraction of sp³-hybridized carbons (Fsp3) is 0.526. The highest BCUT2D eigenvalue weighted by Crippen LogP contribution is 2.34. The fourth-order valence-electron chi connectivity index (χ4n) is 2.87. The molecule has 1 amide bonds. The van der Waals surface area contributed by atoms with Gasteiger partial charge in [-0.2, -0.15) is 0 Å². The summed E-state index contributed by atoms with van der Waals surface area (Å²) < 4.78 is 25.1. The summed E-state index contributed by atoms with van der Waals surface area (Å²) in [4.78, 5) is 14.0. The molecule has 0 radical (unpaired) electrons. The molecule has 1 aromatic carbocycles. The second kappa shape index (κ2) is 7.24. The summed E-state index contributed by atoms with van der Waals surface area (Å²) in [5.74, 6) is -0.0704. The van der Waals surface area contributed by atoms with Crippen LogP contribution in [0.3, 0.4) is 0 Å². The summed E-state index contributed by atoms with van der Waals surface area (Å²) in [6, 6.07) is 4.79. The Morgan fingerprint density at radius 1 is 1.42 bits per heavy atom. The fourth-order valence-corrected chi connectivity index (χ4v) is 2.87. The first-order valence-electron chi connectivity index (χ1n) is 8.34. The van der Waals surface area contributed by atoms with Crippen molar-refractivity contribution in [2.75, 3.05) is 13.2 Å². The molecule has 1 aromatic rings. The third kappa shape index (κ3) is 4.28. The number of carbonyl (C=O) groups is 1. The summed E-state index contributed by atoms with van der Waals surface area (Å²) in [7, 11) is 0. The van der Waals surface area contributed by atoms with Gasteiger partial charge in [0, 0.05) is 6.54 Å². The van der Waals surface area contributed by atoms with Crippen LogP contribution in [-0.2, 0) is 9.47 Å². The van der Waals surface area contributed by atoms with Crippen LogP contribution < -0.4 is 0 Å². The molecule has 1 aliphatic heterocycles. The standard InChI is InChI=1S/C19H26FNO3/c1-6-23-13(2)15-10-9-14(12-16(15)20)17-8-7-11-21(17)18(22)24-19(3,4)5/h9-10,12,17H,2,6-8,11H2,1,3-5H3/t17-/m1/s1. The number of amides is 1. The van der Waals surface area contributed by atoms with Crippen molar-refractivity contribution in [1.82, 2.24) is 4.90 Å². The molecule has 1 atom stereocenters. The molecule has 0 saturated carbocycles. The van der Waals surface area contributed by atoms with Gasteiger partial charge in [0.15, 0.2) is 0 Å². The smallest absolute Gasteiger partial charge is 0.410 e. The Morgan fingerprint density at radius 3 is 2.71 bits per heavy atom. The minimum absolute atomic E-state index is 0.163. The first-order chi connectivity index (χ1) is 11.2. The second-order valence-electron chi connectivity index (χ2n) is 6.93. The number of carbonyl (C=O) groups excluding carboxylic acids is 1. The molecule has 1 fully saturated rings. The molecule has 0 unspecified atom stereocenters. The third-order valence-corrected chi connectivity index (χ3v) is 3.88. The quantitative estimate of drug-likeness (QED) is 0.734. The molecule has 0 aromatic heterocycles. The van der Waals surface area contributed by atoms with E-state index < -0.39 is 5.60 Å². The predicted molar refractivity (Wildman–Crippen MR) is 92.0 cm³/mol. The van der Waals surface area contributed by atoms with Crippen molar-refractivity contribution in [3.63, 3.8) is 0 Å². The number of nitrogens with zero attached hydrogens (tertiary/aromatic N) is 1. The topological polar surface area (TPSA) is 38.8 Å². The lowest BCUT2D eigenvalue weighted by Crippen LogP contribution is -2.36. The van der Waals surface area contributed by atoms with Crippen molar-refractivity contribution in [2.24, 2.45) is 0 Å². The number of halogens is 1. The van der Waals surface area contributed by atoms with Crippen LogP contribution in [-0.4, -0.2) is 29.7 Å². The molecule has 2 rings (SSSR count). The summed E-state index contributed by atoms with van der Waals surface area (Å²) in [5, 5.41) is 0. The Bertz CT molecular complexity index is 622. The second-order valence-corrected chi connectivity index (χ2v) is 6.93. The number of hydrogen-bond acceptors (Lipinski definition) is 3.